The molecule has 0 saturated carbocycles. The van der Waals surface area contributed by atoms with E-state index in [1.165, 1.54) is 31.0 Å². The van der Waals surface area contributed by atoms with Gasteiger partial charge in [-0.2, -0.15) is 0 Å². The predicted octanol–water partition coefficient (Wildman–Crippen LogP) is 3.79. The highest BCUT2D eigenvalue weighted by Gasteiger charge is 2.14. The monoisotopic (exact) mass is 442 g/mol. The normalized spacial score (nSPS) is 11.6. The van der Waals surface area contributed by atoms with Gasteiger partial charge in [0.05, 0.1) is 18.9 Å². The van der Waals surface area contributed by atoms with Crippen molar-refractivity contribution >= 4 is 29.3 Å². The maximum atomic E-state index is 13.9. The zero-order valence-corrected chi connectivity index (χ0v) is 18.2. The van der Waals surface area contributed by atoms with Crippen LogP contribution < -0.4 is 15.4 Å². The number of hydrogen-bond acceptors (Lipinski definition) is 5. The van der Waals surface area contributed by atoms with Gasteiger partial charge in [-0.1, -0.05) is 17.8 Å². The van der Waals surface area contributed by atoms with Crippen molar-refractivity contribution in [2.75, 3.05) is 18.2 Å². The molecule has 1 heterocycles. The number of thioether (sulfide) groups is 1. The van der Waals surface area contributed by atoms with E-state index in [9.17, 15) is 14.0 Å². The number of amides is 2. The van der Waals surface area contributed by atoms with Gasteiger partial charge in [0, 0.05) is 30.7 Å². The van der Waals surface area contributed by atoms with Gasteiger partial charge in [0.25, 0.3) is 5.91 Å². The molecule has 2 N–H and O–H groups in total. The molecule has 9 heteroatoms. The summed E-state index contributed by atoms with van der Waals surface area (Å²) in [6.45, 7) is 1.77. The number of halogens is 1. The zero-order chi connectivity index (χ0) is 22.4. The first-order valence-electron chi connectivity index (χ1n) is 9.51. The SMILES string of the molecule is COc1ccc(C(C)NC(=O)c2ccc(NC(=O)CSc3nccn3C)cc2)cc1F. The van der Waals surface area contributed by atoms with Crippen LogP contribution in [0.2, 0.25) is 0 Å². The van der Waals surface area contributed by atoms with Gasteiger partial charge >= 0.3 is 0 Å². The van der Waals surface area contributed by atoms with Crippen molar-refractivity contribution in [3.05, 3.63) is 71.8 Å². The van der Waals surface area contributed by atoms with Gasteiger partial charge in [0.1, 0.15) is 0 Å². The molecule has 3 rings (SSSR count). The molecule has 0 bridgehead atoms. The lowest BCUT2D eigenvalue weighted by molar-refractivity contribution is -0.113. The van der Waals surface area contributed by atoms with Crippen LogP contribution in [0.15, 0.2) is 60.0 Å². The fraction of sp³-hybridized carbons (Fsp3) is 0.227. The van der Waals surface area contributed by atoms with Crippen LogP contribution in [-0.4, -0.2) is 34.2 Å². The second-order valence-corrected chi connectivity index (χ2v) is 7.77. The van der Waals surface area contributed by atoms with E-state index in [4.69, 9.17) is 4.74 Å². The lowest BCUT2D eigenvalue weighted by Crippen LogP contribution is -2.26. The highest BCUT2D eigenvalue weighted by molar-refractivity contribution is 7.99. The molecular formula is C22H23FN4O3S. The van der Waals surface area contributed by atoms with Crippen molar-refractivity contribution in [3.8, 4) is 5.75 Å². The molecule has 31 heavy (non-hydrogen) atoms. The van der Waals surface area contributed by atoms with E-state index >= 15 is 0 Å². The Morgan fingerprint density at radius 2 is 1.97 bits per heavy atom. The van der Waals surface area contributed by atoms with Crippen molar-refractivity contribution in [3.63, 3.8) is 0 Å². The number of nitrogens with one attached hydrogen (secondary N) is 2. The number of carbonyl (C=O) groups is 2. The zero-order valence-electron chi connectivity index (χ0n) is 17.4. The second kappa shape index (κ2) is 10.1. The maximum absolute atomic E-state index is 13.9. The molecule has 2 aromatic carbocycles. The van der Waals surface area contributed by atoms with Crippen LogP contribution in [-0.2, 0) is 11.8 Å². The Morgan fingerprint density at radius 3 is 2.58 bits per heavy atom. The van der Waals surface area contributed by atoms with E-state index in [-0.39, 0.29) is 23.3 Å². The van der Waals surface area contributed by atoms with E-state index in [1.807, 2.05) is 17.8 Å². The Kier molecular flexibility index (Phi) is 7.30. The van der Waals surface area contributed by atoms with Crippen LogP contribution in [0.4, 0.5) is 10.1 Å². The summed E-state index contributed by atoms with van der Waals surface area (Å²) in [5.74, 6) is -0.573. The van der Waals surface area contributed by atoms with Gasteiger partial charge in [-0.3, -0.25) is 9.59 Å². The molecule has 0 aliphatic heterocycles. The van der Waals surface area contributed by atoms with E-state index < -0.39 is 11.9 Å². The fourth-order valence-electron chi connectivity index (χ4n) is 2.84. The standard InChI is InChI=1S/C22H23FN4O3S/c1-14(16-6-9-19(30-3)18(23)12-16)25-21(29)15-4-7-17(8-5-15)26-20(28)13-31-22-24-10-11-27(22)2/h4-12,14H,13H2,1-3H3,(H,25,29)(H,26,28). The van der Waals surface area contributed by atoms with E-state index in [0.29, 0.717) is 16.8 Å². The third-order valence-electron chi connectivity index (χ3n) is 4.56. The average molecular weight is 443 g/mol. The summed E-state index contributed by atoms with van der Waals surface area (Å²) < 4.78 is 20.6. The first kappa shape index (κ1) is 22.4. The molecule has 3 aromatic rings. The second-order valence-electron chi connectivity index (χ2n) is 6.82. The molecule has 0 fully saturated rings. The Balaban J connectivity index is 1.54. The molecular weight excluding hydrogens is 419 g/mol. The summed E-state index contributed by atoms with van der Waals surface area (Å²) >= 11 is 1.34. The number of aromatic nitrogens is 2. The molecule has 0 aliphatic rings. The van der Waals surface area contributed by atoms with E-state index in [0.717, 1.165) is 5.16 Å². The van der Waals surface area contributed by atoms with Gasteiger partial charge in [-0.05, 0) is 48.9 Å². The van der Waals surface area contributed by atoms with Crippen molar-refractivity contribution in [2.24, 2.45) is 7.05 Å². The van der Waals surface area contributed by atoms with Gasteiger partial charge in [-0.25, -0.2) is 9.37 Å². The highest BCUT2D eigenvalue weighted by Crippen LogP contribution is 2.22. The lowest BCUT2D eigenvalue weighted by Gasteiger charge is -2.15. The Bertz CT molecular complexity index is 1070. The van der Waals surface area contributed by atoms with Crippen molar-refractivity contribution < 1.29 is 18.7 Å². The number of hydrogen-bond donors (Lipinski definition) is 2. The Morgan fingerprint density at radius 1 is 1.23 bits per heavy atom. The number of ether oxygens (including phenoxy) is 1. The molecule has 0 spiro atoms. The Labute approximate surface area is 184 Å². The minimum absolute atomic E-state index is 0.151. The van der Waals surface area contributed by atoms with Crippen LogP contribution in [0.1, 0.15) is 28.9 Å². The molecule has 0 radical (unpaired) electrons. The third kappa shape index (κ3) is 5.85. The largest absolute Gasteiger partial charge is 0.494 e. The number of benzene rings is 2. The van der Waals surface area contributed by atoms with Gasteiger partial charge in [0.2, 0.25) is 5.91 Å². The molecule has 0 aliphatic carbocycles. The number of carbonyl (C=O) groups excluding carboxylic acids is 2. The van der Waals surface area contributed by atoms with Gasteiger partial charge in [0.15, 0.2) is 16.7 Å². The minimum Gasteiger partial charge on any atom is -0.494 e. The number of rotatable bonds is 8. The maximum Gasteiger partial charge on any atom is 0.251 e. The molecule has 2 amide bonds. The predicted molar refractivity (Wildman–Crippen MR) is 118 cm³/mol. The van der Waals surface area contributed by atoms with Gasteiger partial charge in [-0.15, -0.1) is 0 Å². The molecule has 0 saturated heterocycles. The highest BCUT2D eigenvalue weighted by atomic mass is 32.2. The summed E-state index contributed by atoms with van der Waals surface area (Å²) in [4.78, 5) is 28.8. The van der Waals surface area contributed by atoms with Crippen molar-refractivity contribution in [2.45, 2.75) is 18.1 Å². The molecule has 162 valence electrons. The third-order valence-corrected chi connectivity index (χ3v) is 5.62. The summed E-state index contributed by atoms with van der Waals surface area (Å²) in [6, 6.07) is 10.7. The molecule has 7 nitrogen and oxygen atoms in total. The van der Waals surface area contributed by atoms with Crippen LogP contribution >= 0.6 is 11.8 Å². The summed E-state index contributed by atoms with van der Waals surface area (Å²) in [5.41, 5.74) is 1.65. The molecule has 1 unspecified atom stereocenters. The van der Waals surface area contributed by atoms with Crippen LogP contribution in [0.25, 0.3) is 0 Å². The smallest absolute Gasteiger partial charge is 0.251 e. The van der Waals surface area contributed by atoms with E-state index in [1.54, 1.807) is 43.5 Å². The average Bonchev–Trinajstić information content (AvgIpc) is 3.17. The van der Waals surface area contributed by atoms with Crippen molar-refractivity contribution in [1.29, 1.82) is 0 Å². The topological polar surface area (TPSA) is 85.2 Å². The number of anilines is 1. The van der Waals surface area contributed by atoms with Crippen LogP contribution in [0.5, 0.6) is 5.75 Å². The van der Waals surface area contributed by atoms with E-state index in [2.05, 4.69) is 15.6 Å². The number of methoxy groups -OCH3 is 1. The Hall–Kier alpha value is -3.33. The summed E-state index contributed by atoms with van der Waals surface area (Å²) in [5, 5.41) is 6.38. The van der Waals surface area contributed by atoms with Crippen LogP contribution in [0.3, 0.4) is 0 Å². The molecule has 1 aromatic heterocycles. The minimum atomic E-state index is -0.484. The summed E-state index contributed by atoms with van der Waals surface area (Å²) in [6.07, 6.45) is 3.49. The summed E-state index contributed by atoms with van der Waals surface area (Å²) in [7, 11) is 3.26. The number of imidazole rings is 1. The molecule has 1 atom stereocenters. The van der Waals surface area contributed by atoms with Crippen LogP contribution in [0, 0.1) is 5.82 Å². The number of nitrogens with zero attached hydrogens (tertiary/aromatic N) is 2. The first-order valence-corrected chi connectivity index (χ1v) is 10.5. The quantitative estimate of drug-likeness (QED) is 0.519. The lowest BCUT2D eigenvalue weighted by atomic mass is 10.1. The first-order chi connectivity index (χ1) is 14.9. The fourth-order valence-corrected chi connectivity index (χ4v) is 3.57. The number of aryl methyl sites for hydroxylation is 1. The van der Waals surface area contributed by atoms with Crippen molar-refractivity contribution in [1.82, 2.24) is 14.9 Å². The van der Waals surface area contributed by atoms with Gasteiger partial charge < -0.3 is 19.9 Å².